The highest BCUT2D eigenvalue weighted by Crippen LogP contribution is 2.20. The summed E-state index contributed by atoms with van der Waals surface area (Å²) in [7, 11) is 1.55. The molecule has 0 radical (unpaired) electrons. The molecule has 0 aliphatic rings. The molecule has 4 nitrogen and oxygen atoms in total. The zero-order valence-corrected chi connectivity index (χ0v) is 11.6. The lowest BCUT2D eigenvalue weighted by molar-refractivity contribution is 0.102. The minimum atomic E-state index is -0.655. The third-order valence-electron chi connectivity index (χ3n) is 3.22. The zero-order valence-electron chi connectivity index (χ0n) is 11.6. The van der Waals surface area contributed by atoms with Crippen molar-refractivity contribution in [1.82, 2.24) is 4.98 Å². The van der Waals surface area contributed by atoms with Crippen LogP contribution in [0.2, 0.25) is 0 Å². The van der Waals surface area contributed by atoms with Crippen LogP contribution in [0.5, 0.6) is 0 Å². The molecule has 0 fully saturated rings. The number of carbonyl (C=O) groups excluding carboxylic acids is 1. The Balaban J connectivity index is 2.31. The highest BCUT2D eigenvalue weighted by molar-refractivity contribution is 6.05. The second kappa shape index (κ2) is 5.69. The van der Waals surface area contributed by atoms with Crippen LogP contribution in [0, 0.1) is 19.7 Å². The summed E-state index contributed by atoms with van der Waals surface area (Å²) >= 11 is 0. The van der Waals surface area contributed by atoms with E-state index in [1.807, 2.05) is 26.0 Å². The third-order valence-corrected chi connectivity index (χ3v) is 3.22. The Morgan fingerprint density at radius 2 is 2.00 bits per heavy atom. The van der Waals surface area contributed by atoms with Gasteiger partial charge in [-0.15, -0.1) is 0 Å². The molecule has 1 aromatic heterocycles. The smallest absolute Gasteiger partial charge is 0.258 e. The summed E-state index contributed by atoms with van der Waals surface area (Å²) in [6.45, 7) is 3.87. The van der Waals surface area contributed by atoms with Crippen LogP contribution in [0.25, 0.3) is 0 Å². The predicted octanol–water partition coefficient (Wildman–Crippen LogP) is 3.13. The van der Waals surface area contributed by atoms with Gasteiger partial charge in [-0.1, -0.05) is 12.1 Å². The van der Waals surface area contributed by atoms with Gasteiger partial charge in [-0.3, -0.25) is 4.79 Å². The summed E-state index contributed by atoms with van der Waals surface area (Å²) in [4.78, 5) is 16.0. The van der Waals surface area contributed by atoms with Gasteiger partial charge in [-0.25, -0.2) is 9.37 Å². The maximum absolute atomic E-state index is 14.0. The molecule has 104 valence electrons. The second-order valence-electron chi connectivity index (χ2n) is 4.47. The number of halogens is 1. The van der Waals surface area contributed by atoms with Gasteiger partial charge < -0.3 is 10.6 Å². The van der Waals surface area contributed by atoms with Gasteiger partial charge in [0.25, 0.3) is 5.91 Å². The Morgan fingerprint density at radius 1 is 1.25 bits per heavy atom. The van der Waals surface area contributed by atoms with Crippen molar-refractivity contribution in [1.29, 1.82) is 0 Å². The molecule has 20 heavy (non-hydrogen) atoms. The summed E-state index contributed by atoms with van der Waals surface area (Å²) in [6.07, 6.45) is 1.40. The average Bonchev–Trinajstić information content (AvgIpc) is 2.44. The highest BCUT2D eigenvalue weighted by Gasteiger charge is 2.16. The molecule has 0 aliphatic heterocycles. The number of pyridine rings is 1. The first-order valence-corrected chi connectivity index (χ1v) is 6.24. The number of hydrogen-bond donors (Lipinski definition) is 2. The Labute approximate surface area is 117 Å². The molecule has 0 unspecified atom stereocenters. The lowest BCUT2D eigenvalue weighted by atomic mass is 10.1. The Bertz CT molecular complexity index is 656. The van der Waals surface area contributed by atoms with Gasteiger partial charge in [0.15, 0.2) is 11.6 Å². The first kappa shape index (κ1) is 14.0. The van der Waals surface area contributed by atoms with E-state index in [4.69, 9.17) is 0 Å². The average molecular weight is 273 g/mol. The largest absolute Gasteiger partial charge is 0.371 e. The van der Waals surface area contributed by atoms with Crippen LogP contribution in [-0.4, -0.2) is 17.9 Å². The van der Waals surface area contributed by atoms with Crippen LogP contribution in [0.15, 0.2) is 30.5 Å². The van der Waals surface area contributed by atoms with E-state index in [-0.39, 0.29) is 11.4 Å². The van der Waals surface area contributed by atoms with Gasteiger partial charge in [0.05, 0.1) is 5.56 Å². The topological polar surface area (TPSA) is 54.0 Å². The molecular formula is C15H16FN3O. The van der Waals surface area contributed by atoms with Crippen LogP contribution >= 0.6 is 0 Å². The first-order valence-electron chi connectivity index (χ1n) is 6.24. The van der Waals surface area contributed by atoms with E-state index < -0.39 is 11.7 Å². The highest BCUT2D eigenvalue weighted by atomic mass is 19.1. The van der Waals surface area contributed by atoms with Crippen LogP contribution in [0.3, 0.4) is 0 Å². The molecule has 0 saturated carbocycles. The van der Waals surface area contributed by atoms with E-state index in [1.54, 1.807) is 13.1 Å². The summed E-state index contributed by atoms with van der Waals surface area (Å²) in [5, 5.41) is 5.33. The lowest BCUT2D eigenvalue weighted by Crippen LogP contribution is -2.16. The molecule has 0 aliphatic carbocycles. The number of aryl methyl sites for hydroxylation is 1. The minimum absolute atomic E-state index is 0.0368. The summed E-state index contributed by atoms with van der Waals surface area (Å²) < 4.78 is 14.0. The molecule has 0 atom stereocenters. The van der Waals surface area contributed by atoms with E-state index in [0.717, 1.165) is 11.1 Å². The van der Waals surface area contributed by atoms with Crippen molar-refractivity contribution in [2.75, 3.05) is 17.7 Å². The number of nitrogens with one attached hydrogen (secondary N) is 2. The Morgan fingerprint density at radius 3 is 2.70 bits per heavy atom. The van der Waals surface area contributed by atoms with Gasteiger partial charge in [-0.2, -0.15) is 0 Å². The van der Waals surface area contributed by atoms with Crippen LogP contribution in [0.4, 0.5) is 15.9 Å². The zero-order chi connectivity index (χ0) is 14.7. The van der Waals surface area contributed by atoms with E-state index in [0.29, 0.717) is 5.69 Å². The first-order chi connectivity index (χ1) is 9.54. The van der Waals surface area contributed by atoms with E-state index >= 15 is 0 Å². The van der Waals surface area contributed by atoms with Crippen molar-refractivity contribution in [3.8, 4) is 0 Å². The molecule has 1 heterocycles. The van der Waals surface area contributed by atoms with Crippen molar-refractivity contribution >= 4 is 17.4 Å². The quantitative estimate of drug-likeness (QED) is 0.903. The Hall–Kier alpha value is -2.43. The standard InChI is InChI=1S/C15H16FN3O/c1-9-5-4-6-12(10(9)2)19-15(20)11-7-8-18-14(17-3)13(11)16/h4-8H,1-3H3,(H,17,18)(H,19,20). The molecule has 0 spiro atoms. The van der Waals surface area contributed by atoms with Gasteiger partial charge in [0.1, 0.15) is 0 Å². The minimum Gasteiger partial charge on any atom is -0.371 e. The number of carbonyl (C=O) groups is 1. The van der Waals surface area contributed by atoms with Crippen molar-refractivity contribution in [2.24, 2.45) is 0 Å². The SMILES string of the molecule is CNc1nccc(C(=O)Nc2cccc(C)c2C)c1F. The van der Waals surface area contributed by atoms with Gasteiger partial charge in [0, 0.05) is 18.9 Å². The summed E-state index contributed by atoms with van der Waals surface area (Å²) in [5.41, 5.74) is 2.67. The molecule has 1 aromatic carbocycles. The second-order valence-corrected chi connectivity index (χ2v) is 4.47. The third kappa shape index (κ3) is 2.61. The van der Waals surface area contributed by atoms with Crippen LogP contribution in [-0.2, 0) is 0 Å². The van der Waals surface area contributed by atoms with E-state index in [2.05, 4.69) is 15.6 Å². The molecule has 2 aromatic rings. The maximum Gasteiger partial charge on any atom is 0.258 e. The fourth-order valence-electron chi connectivity index (χ4n) is 1.87. The molecule has 1 amide bonds. The van der Waals surface area contributed by atoms with Gasteiger partial charge in [-0.05, 0) is 37.1 Å². The number of amides is 1. The molecular weight excluding hydrogens is 257 g/mol. The van der Waals surface area contributed by atoms with Crippen LogP contribution in [0.1, 0.15) is 21.5 Å². The Kier molecular flexibility index (Phi) is 3.98. The fourth-order valence-corrected chi connectivity index (χ4v) is 1.87. The molecule has 5 heteroatoms. The summed E-state index contributed by atoms with van der Waals surface area (Å²) in [5.74, 6) is -1.09. The van der Waals surface area contributed by atoms with Crippen molar-refractivity contribution in [2.45, 2.75) is 13.8 Å². The molecule has 2 N–H and O–H groups in total. The van der Waals surface area contributed by atoms with Crippen molar-refractivity contribution < 1.29 is 9.18 Å². The number of benzene rings is 1. The van der Waals surface area contributed by atoms with E-state index in [1.165, 1.54) is 12.3 Å². The summed E-state index contributed by atoms with van der Waals surface area (Å²) in [6, 6.07) is 6.95. The number of anilines is 2. The molecule has 2 rings (SSSR count). The number of hydrogen-bond acceptors (Lipinski definition) is 3. The molecule has 0 bridgehead atoms. The van der Waals surface area contributed by atoms with Crippen molar-refractivity contribution in [3.63, 3.8) is 0 Å². The molecule has 0 saturated heterocycles. The van der Waals surface area contributed by atoms with Crippen LogP contribution < -0.4 is 10.6 Å². The normalized spacial score (nSPS) is 10.2. The van der Waals surface area contributed by atoms with Gasteiger partial charge in [0.2, 0.25) is 0 Å². The number of rotatable bonds is 3. The lowest BCUT2D eigenvalue weighted by Gasteiger charge is -2.11. The van der Waals surface area contributed by atoms with E-state index in [9.17, 15) is 9.18 Å². The predicted molar refractivity (Wildman–Crippen MR) is 77.6 cm³/mol. The fraction of sp³-hybridized carbons (Fsp3) is 0.200. The van der Waals surface area contributed by atoms with Gasteiger partial charge >= 0.3 is 0 Å². The maximum atomic E-state index is 14.0. The number of nitrogens with zero attached hydrogens (tertiary/aromatic N) is 1. The van der Waals surface area contributed by atoms with Crippen molar-refractivity contribution in [3.05, 3.63) is 53.0 Å². The number of aromatic nitrogens is 1. The monoisotopic (exact) mass is 273 g/mol.